The van der Waals surface area contributed by atoms with Crippen molar-refractivity contribution in [2.24, 2.45) is 7.05 Å². The molecule has 0 saturated heterocycles. The fourth-order valence-electron chi connectivity index (χ4n) is 2.52. The number of aryl methyl sites for hydroxylation is 3. The summed E-state index contributed by atoms with van der Waals surface area (Å²) in [4.78, 5) is 0. The maximum absolute atomic E-state index is 14.2. The van der Waals surface area contributed by atoms with Crippen molar-refractivity contribution in [3.8, 4) is 22.4 Å². The van der Waals surface area contributed by atoms with E-state index in [9.17, 15) is 4.39 Å². The van der Waals surface area contributed by atoms with Crippen LogP contribution >= 0.6 is 0 Å². The second-order valence-electron chi connectivity index (χ2n) is 5.04. The number of nitrogen functional groups attached to an aromatic ring is 1. The molecule has 1 aromatic carbocycles. The molecule has 0 fully saturated rings. The zero-order valence-corrected chi connectivity index (χ0v) is 12.1. The minimum Gasteiger partial charge on any atom is -0.466 e. The number of benzene rings is 1. The Morgan fingerprint density at radius 1 is 1.19 bits per heavy atom. The van der Waals surface area contributed by atoms with Crippen LogP contribution in [0.5, 0.6) is 0 Å². The van der Waals surface area contributed by atoms with Crippen LogP contribution in [0.15, 0.2) is 34.7 Å². The topological polar surface area (TPSA) is 57.0 Å². The molecule has 0 aliphatic heterocycles. The molecule has 0 unspecified atom stereocenters. The molecule has 0 spiro atoms. The van der Waals surface area contributed by atoms with Crippen molar-refractivity contribution in [2.45, 2.75) is 13.8 Å². The van der Waals surface area contributed by atoms with Crippen LogP contribution in [0.4, 0.5) is 10.2 Å². The van der Waals surface area contributed by atoms with Crippen LogP contribution in [-0.4, -0.2) is 9.78 Å². The van der Waals surface area contributed by atoms with Gasteiger partial charge in [0.1, 0.15) is 28.8 Å². The molecular weight excluding hydrogens is 269 g/mol. The summed E-state index contributed by atoms with van der Waals surface area (Å²) in [5, 5.41) is 4.44. The minimum atomic E-state index is -0.323. The van der Waals surface area contributed by atoms with Crippen molar-refractivity contribution in [3.63, 3.8) is 0 Å². The van der Waals surface area contributed by atoms with E-state index in [-0.39, 0.29) is 5.82 Å². The molecule has 3 aromatic rings. The number of nitrogens with zero attached hydrogens (tertiary/aromatic N) is 2. The Morgan fingerprint density at radius 3 is 2.52 bits per heavy atom. The number of halogens is 1. The van der Waals surface area contributed by atoms with Gasteiger partial charge in [0.25, 0.3) is 0 Å². The van der Waals surface area contributed by atoms with E-state index in [2.05, 4.69) is 5.10 Å². The second-order valence-corrected chi connectivity index (χ2v) is 5.04. The first-order chi connectivity index (χ1) is 9.99. The molecule has 108 valence electrons. The monoisotopic (exact) mass is 285 g/mol. The molecule has 0 aliphatic carbocycles. The SMILES string of the molecule is Cc1cc(-c2nn(C)c(N)c2-c2ccccc2F)c(C)o1. The average molecular weight is 285 g/mol. The van der Waals surface area contributed by atoms with Gasteiger partial charge >= 0.3 is 0 Å². The normalized spacial score (nSPS) is 11.0. The first-order valence-electron chi connectivity index (χ1n) is 6.64. The van der Waals surface area contributed by atoms with Gasteiger partial charge in [-0.25, -0.2) is 4.39 Å². The summed E-state index contributed by atoms with van der Waals surface area (Å²) in [6.07, 6.45) is 0. The van der Waals surface area contributed by atoms with E-state index >= 15 is 0 Å². The van der Waals surface area contributed by atoms with E-state index < -0.39 is 0 Å². The zero-order chi connectivity index (χ0) is 15.1. The lowest BCUT2D eigenvalue weighted by molar-refractivity contribution is 0.505. The highest BCUT2D eigenvalue weighted by Crippen LogP contribution is 2.39. The molecule has 21 heavy (non-hydrogen) atoms. The number of hydrogen-bond acceptors (Lipinski definition) is 3. The number of furan rings is 1. The highest BCUT2D eigenvalue weighted by molar-refractivity contribution is 5.88. The van der Waals surface area contributed by atoms with Gasteiger partial charge in [0.15, 0.2) is 0 Å². The van der Waals surface area contributed by atoms with Crippen LogP contribution in [0.2, 0.25) is 0 Å². The summed E-state index contributed by atoms with van der Waals surface area (Å²) in [6, 6.07) is 8.44. The Labute approximate surface area is 122 Å². The van der Waals surface area contributed by atoms with Crippen LogP contribution in [0.25, 0.3) is 22.4 Å². The Morgan fingerprint density at radius 2 is 1.90 bits per heavy atom. The smallest absolute Gasteiger partial charge is 0.131 e. The Kier molecular flexibility index (Phi) is 3.05. The van der Waals surface area contributed by atoms with Gasteiger partial charge in [-0.1, -0.05) is 18.2 Å². The van der Waals surface area contributed by atoms with Crippen LogP contribution in [0.1, 0.15) is 11.5 Å². The highest BCUT2D eigenvalue weighted by Gasteiger charge is 2.22. The molecule has 0 aliphatic rings. The third-order valence-corrected chi connectivity index (χ3v) is 3.53. The molecular formula is C16H16FN3O. The van der Waals surface area contributed by atoms with Gasteiger partial charge in [-0.05, 0) is 26.0 Å². The molecule has 0 saturated carbocycles. The van der Waals surface area contributed by atoms with Crippen molar-refractivity contribution >= 4 is 5.82 Å². The average Bonchev–Trinajstić information content (AvgIpc) is 2.91. The van der Waals surface area contributed by atoms with Gasteiger partial charge in [0.2, 0.25) is 0 Å². The van der Waals surface area contributed by atoms with Crippen LogP contribution in [0.3, 0.4) is 0 Å². The molecule has 0 atom stereocenters. The molecule has 0 radical (unpaired) electrons. The molecule has 3 rings (SSSR count). The molecule has 2 aromatic heterocycles. The van der Waals surface area contributed by atoms with Crippen LogP contribution in [-0.2, 0) is 7.05 Å². The lowest BCUT2D eigenvalue weighted by atomic mass is 10.0. The Balaban J connectivity index is 2.31. The summed E-state index contributed by atoms with van der Waals surface area (Å²) < 4.78 is 21.3. The van der Waals surface area contributed by atoms with Gasteiger partial charge in [-0.3, -0.25) is 4.68 Å². The Hall–Kier alpha value is -2.56. The van der Waals surface area contributed by atoms with Gasteiger partial charge in [-0.15, -0.1) is 0 Å². The molecule has 5 heteroatoms. The van der Waals surface area contributed by atoms with Gasteiger partial charge in [0, 0.05) is 18.2 Å². The quantitative estimate of drug-likeness (QED) is 0.781. The van der Waals surface area contributed by atoms with Crippen molar-refractivity contribution in [1.82, 2.24) is 9.78 Å². The largest absolute Gasteiger partial charge is 0.466 e. The molecule has 0 amide bonds. The van der Waals surface area contributed by atoms with Gasteiger partial charge in [-0.2, -0.15) is 5.10 Å². The van der Waals surface area contributed by atoms with Crippen molar-refractivity contribution in [2.75, 3.05) is 5.73 Å². The van der Waals surface area contributed by atoms with Crippen molar-refractivity contribution < 1.29 is 8.81 Å². The Bertz CT molecular complexity index is 817. The number of rotatable bonds is 2. The fourth-order valence-corrected chi connectivity index (χ4v) is 2.52. The van der Waals surface area contributed by atoms with E-state index in [1.54, 1.807) is 29.9 Å². The number of aromatic nitrogens is 2. The summed E-state index contributed by atoms with van der Waals surface area (Å²) in [5.41, 5.74) is 8.60. The van der Waals surface area contributed by atoms with Crippen LogP contribution in [0, 0.1) is 19.7 Å². The van der Waals surface area contributed by atoms with E-state index in [0.29, 0.717) is 22.6 Å². The zero-order valence-electron chi connectivity index (χ0n) is 12.1. The third kappa shape index (κ3) is 2.11. The summed E-state index contributed by atoms with van der Waals surface area (Å²) in [6.45, 7) is 3.73. The van der Waals surface area contributed by atoms with Crippen molar-refractivity contribution in [1.29, 1.82) is 0 Å². The van der Waals surface area contributed by atoms with Gasteiger partial charge in [0.05, 0.1) is 5.56 Å². The molecule has 0 bridgehead atoms. The third-order valence-electron chi connectivity index (χ3n) is 3.53. The summed E-state index contributed by atoms with van der Waals surface area (Å²) >= 11 is 0. The first-order valence-corrected chi connectivity index (χ1v) is 6.64. The highest BCUT2D eigenvalue weighted by atomic mass is 19.1. The summed E-state index contributed by atoms with van der Waals surface area (Å²) in [5.74, 6) is 1.62. The molecule has 2 heterocycles. The first kappa shape index (κ1) is 13.4. The van der Waals surface area contributed by atoms with Crippen molar-refractivity contribution in [3.05, 3.63) is 47.7 Å². The number of anilines is 1. The number of nitrogens with two attached hydrogens (primary N) is 1. The second kappa shape index (κ2) is 4.77. The predicted octanol–water partition coefficient (Wildman–Crippen LogP) is 3.69. The minimum absolute atomic E-state index is 0.323. The van der Waals surface area contributed by atoms with E-state index in [4.69, 9.17) is 10.2 Å². The van der Waals surface area contributed by atoms with E-state index in [0.717, 1.165) is 17.1 Å². The lowest BCUT2D eigenvalue weighted by Crippen LogP contribution is -1.98. The van der Waals surface area contributed by atoms with Crippen LogP contribution < -0.4 is 5.73 Å². The maximum Gasteiger partial charge on any atom is 0.131 e. The molecule has 2 N–H and O–H groups in total. The predicted molar refractivity (Wildman–Crippen MR) is 80.2 cm³/mol. The standard InChI is InChI=1S/C16H16FN3O/c1-9-8-12(10(2)21-9)15-14(16(18)20(3)19-15)11-6-4-5-7-13(11)17/h4-8H,18H2,1-3H3. The fraction of sp³-hybridized carbons (Fsp3) is 0.188. The van der Waals surface area contributed by atoms with Gasteiger partial charge < -0.3 is 10.2 Å². The van der Waals surface area contributed by atoms with E-state index in [1.165, 1.54) is 6.07 Å². The lowest BCUT2D eigenvalue weighted by Gasteiger charge is -2.05. The maximum atomic E-state index is 14.2. The van der Waals surface area contributed by atoms with E-state index in [1.807, 2.05) is 19.9 Å². The summed E-state index contributed by atoms with van der Waals surface area (Å²) in [7, 11) is 1.74. The number of hydrogen-bond donors (Lipinski definition) is 1. The molecule has 4 nitrogen and oxygen atoms in total.